The molecule has 1 aliphatic heterocycles. The zero-order valence-electron chi connectivity index (χ0n) is 18.9. The molecule has 5 rings (SSSR count). The van der Waals surface area contributed by atoms with E-state index in [-0.39, 0.29) is 11.8 Å². The minimum Gasteiger partial charge on any atom is -0.333 e. The second kappa shape index (κ2) is 8.79. The standard InChI is InChI=1S/C27H26N4OS/c1-4-27(32)30-15-25(23-13-18(2)33-26(23)17-30)22-11-6-5-10-21(22)24-16-31(29-19(24)3)14-20-9-7-8-12-28-20/h4-13,16,25H,1,14-15,17H2,2-3H3/t25-/m1/s1. The average Bonchev–Trinajstić information content (AvgIpc) is 3.39. The lowest BCUT2D eigenvalue weighted by molar-refractivity contribution is -0.127. The summed E-state index contributed by atoms with van der Waals surface area (Å²) < 4.78 is 1.96. The first-order chi connectivity index (χ1) is 16.0. The molecule has 0 saturated carbocycles. The topological polar surface area (TPSA) is 51.0 Å². The van der Waals surface area contributed by atoms with Crippen molar-refractivity contribution in [3.63, 3.8) is 0 Å². The van der Waals surface area contributed by atoms with Gasteiger partial charge in [0, 0.05) is 40.2 Å². The molecule has 6 heteroatoms. The van der Waals surface area contributed by atoms with Gasteiger partial charge in [0.05, 0.1) is 24.5 Å². The largest absolute Gasteiger partial charge is 0.333 e. The van der Waals surface area contributed by atoms with Crippen LogP contribution in [0.4, 0.5) is 0 Å². The number of fused-ring (bicyclic) bond motifs is 1. The van der Waals surface area contributed by atoms with Crippen LogP contribution in [-0.2, 0) is 17.9 Å². The summed E-state index contributed by atoms with van der Waals surface area (Å²) in [7, 11) is 0. The summed E-state index contributed by atoms with van der Waals surface area (Å²) in [6.45, 7) is 9.82. The van der Waals surface area contributed by atoms with Crippen molar-refractivity contribution in [3.05, 3.63) is 106 Å². The highest BCUT2D eigenvalue weighted by Crippen LogP contribution is 2.42. The first-order valence-electron chi connectivity index (χ1n) is 11.1. The lowest BCUT2D eigenvalue weighted by atomic mass is 9.84. The van der Waals surface area contributed by atoms with E-state index in [1.807, 2.05) is 34.0 Å². The van der Waals surface area contributed by atoms with E-state index in [1.165, 1.54) is 27.0 Å². The summed E-state index contributed by atoms with van der Waals surface area (Å²) in [6.07, 6.45) is 5.33. The predicted molar refractivity (Wildman–Crippen MR) is 132 cm³/mol. The van der Waals surface area contributed by atoms with Gasteiger partial charge < -0.3 is 4.90 Å². The summed E-state index contributed by atoms with van der Waals surface area (Å²) in [5, 5.41) is 4.77. The van der Waals surface area contributed by atoms with Gasteiger partial charge in [-0.2, -0.15) is 5.10 Å². The number of thiophene rings is 1. The minimum absolute atomic E-state index is 0.0199. The molecule has 1 atom stereocenters. The maximum absolute atomic E-state index is 12.5. The van der Waals surface area contributed by atoms with Crippen LogP contribution in [0.5, 0.6) is 0 Å². The van der Waals surface area contributed by atoms with E-state index in [9.17, 15) is 4.79 Å². The van der Waals surface area contributed by atoms with Crippen molar-refractivity contribution in [1.29, 1.82) is 0 Å². The Morgan fingerprint density at radius 2 is 1.97 bits per heavy atom. The lowest BCUT2D eigenvalue weighted by Crippen LogP contribution is -2.37. The van der Waals surface area contributed by atoms with Crippen LogP contribution >= 0.6 is 11.3 Å². The zero-order chi connectivity index (χ0) is 22.9. The van der Waals surface area contributed by atoms with Gasteiger partial charge in [-0.25, -0.2) is 0 Å². The smallest absolute Gasteiger partial charge is 0.246 e. The minimum atomic E-state index is -0.0199. The van der Waals surface area contributed by atoms with Gasteiger partial charge in [0.15, 0.2) is 0 Å². The summed E-state index contributed by atoms with van der Waals surface area (Å²) in [4.78, 5) is 21.4. The summed E-state index contributed by atoms with van der Waals surface area (Å²) in [5.74, 6) is 0.0888. The van der Waals surface area contributed by atoms with Crippen LogP contribution in [0.2, 0.25) is 0 Å². The number of carbonyl (C=O) groups excluding carboxylic acids is 1. The molecule has 166 valence electrons. The van der Waals surface area contributed by atoms with E-state index < -0.39 is 0 Å². The number of aromatic nitrogens is 3. The Bertz CT molecular complexity index is 1320. The van der Waals surface area contributed by atoms with Crippen LogP contribution in [-0.4, -0.2) is 32.1 Å². The Hall–Kier alpha value is -3.51. The van der Waals surface area contributed by atoms with Crippen LogP contribution < -0.4 is 0 Å². The third-order valence-electron chi connectivity index (χ3n) is 6.19. The Morgan fingerprint density at radius 1 is 1.15 bits per heavy atom. The maximum atomic E-state index is 12.5. The Morgan fingerprint density at radius 3 is 2.76 bits per heavy atom. The number of nitrogens with zero attached hydrogens (tertiary/aromatic N) is 4. The molecule has 4 heterocycles. The van der Waals surface area contributed by atoms with Gasteiger partial charge in [-0.1, -0.05) is 36.9 Å². The fourth-order valence-corrected chi connectivity index (χ4v) is 5.80. The van der Waals surface area contributed by atoms with Gasteiger partial charge in [0.2, 0.25) is 5.91 Å². The first kappa shape index (κ1) is 21.3. The third-order valence-corrected chi connectivity index (χ3v) is 7.24. The molecule has 1 aliphatic rings. The number of rotatable bonds is 5. The molecule has 0 N–H and O–H groups in total. The van der Waals surface area contributed by atoms with Crippen molar-refractivity contribution in [2.45, 2.75) is 32.9 Å². The number of pyridine rings is 1. The molecule has 0 unspecified atom stereocenters. The molecule has 0 aliphatic carbocycles. The number of benzene rings is 1. The second-order valence-electron chi connectivity index (χ2n) is 8.45. The Kier molecular flexibility index (Phi) is 5.68. The third kappa shape index (κ3) is 4.14. The van der Waals surface area contributed by atoms with Crippen LogP contribution in [0.1, 0.15) is 38.2 Å². The molecule has 5 nitrogen and oxygen atoms in total. The molecule has 4 aromatic rings. The summed E-state index contributed by atoms with van der Waals surface area (Å²) in [6, 6.07) is 16.7. The molecule has 1 amide bonds. The molecule has 0 radical (unpaired) electrons. The van der Waals surface area contributed by atoms with E-state index in [4.69, 9.17) is 5.10 Å². The van der Waals surface area contributed by atoms with E-state index in [1.54, 1.807) is 11.3 Å². The van der Waals surface area contributed by atoms with Crippen molar-refractivity contribution >= 4 is 17.2 Å². The fraction of sp³-hybridized carbons (Fsp3) is 0.222. The van der Waals surface area contributed by atoms with E-state index in [0.29, 0.717) is 19.6 Å². The fourth-order valence-electron chi connectivity index (χ4n) is 4.69. The molecule has 0 saturated heterocycles. The summed E-state index contributed by atoms with van der Waals surface area (Å²) >= 11 is 1.78. The van der Waals surface area contributed by atoms with Gasteiger partial charge in [0.1, 0.15) is 0 Å². The van der Waals surface area contributed by atoms with Crippen LogP contribution in [0.3, 0.4) is 0 Å². The SMILES string of the molecule is C=CC(=O)N1Cc2sc(C)cc2[C@@H](c2ccccc2-c2cn(Cc3ccccn3)nc2C)C1. The highest BCUT2D eigenvalue weighted by atomic mass is 32.1. The number of aryl methyl sites for hydroxylation is 2. The van der Waals surface area contributed by atoms with Gasteiger partial charge >= 0.3 is 0 Å². The van der Waals surface area contributed by atoms with E-state index >= 15 is 0 Å². The maximum Gasteiger partial charge on any atom is 0.246 e. The zero-order valence-corrected chi connectivity index (χ0v) is 19.7. The predicted octanol–water partition coefficient (Wildman–Crippen LogP) is 5.33. The van der Waals surface area contributed by atoms with Gasteiger partial charge in [0.25, 0.3) is 0 Å². The Labute approximate surface area is 198 Å². The number of hydrogen-bond acceptors (Lipinski definition) is 4. The normalized spacial score (nSPS) is 15.3. The molecule has 1 aromatic carbocycles. The second-order valence-corrected chi connectivity index (χ2v) is 9.79. The number of hydrogen-bond donors (Lipinski definition) is 0. The van der Waals surface area contributed by atoms with E-state index in [0.717, 1.165) is 22.5 Å². The first-order valence-corrected chi connectivity index (χ1v) is 11.9. The molecule has 0 bridgehead atoms. The molecule has 0 fully saturated rings. The van der Waals surface area contributed by atoms with Crippen LogP contribution in [0, 0.1) is 13.8 Å². The highest BCUT2D eigenvalue weighted by Gasteiger charge is 2.31. The average molecular weight is 455 g/mol. The molecular formula is C27H26N4OS. The van der Waals surface area contributed by atoms with Crippen molar-refractivity contribution in [1.82, 2.24) is 19.7 Å². The van der Waals surface area contributed by atoms with E-state index in [2.05, 4.69) is 61.9 Å². The monoisotopic (exact) mass is 454 g/mol. The van der Waals surface area contributed by atoms with Gasteiger partial charge in [-0.3, -0.25) is 14.5 Å². The summed E-state index contributed by atoms with van der Waals surface area (Å²) in [5.41, 5.74) is 6.78. The quantitative estimate of drug-likeness (QED) is 0.383. The van der Waals surface area contributed by atoms with Crippen molar-refractivity contribution in [3.8, 4) is 11.1 Å². The van der Waals surface area contributed by atoms with Crippen LogP contribution in [0.25, 0.3) is 11.1 Å². The van der Waals surface area contributed by atoms with Crippen molar-refractivity contribution in [2.24, 2.45) is 0 Å². The van der Waals surface area contributed by atoms with Gasteiger partial charge in [-0.15, -0.1) is 11.3 Å². The number of carbonyl (C=O) groups is 1. The molecule has 3 aromatic heterocycles. The van der Waals surface area contributed by atoms with Crippen LogP contribution in [0.15, 0.2) is 73.6 Å². The van der Waals surface area contributed by atoms with Crippen molar-refractivity contribution in [2.75, 3.05) is 6.54 Å². The molecule has 33 heavy (non-hydrogen) atoms. The van der Waals surface area contributed by atoms with Gasteiger partial charge in [-0.05, 0) is 54.8 Å². The molecular weight excluding hydrogens is 428 g/mol. The molecule has 0 spiro atoms. The number of amides is 1. The lowest BCUT2D eigenvalue weighted by Gasteiger charge is -2.33. The Balaban J connectivity index is 1.56. The highest BCUT2D eigenvalue weighted by molar-refractivity contribution is 7.12. The van der Waals surface area contributed by atoms with Crippen molar-refractivity contribution < 1.29 is 4.79 Å².